The Balaban J connectivity index is 0.00000225. The lowest BCUT2D eigenvalue weighted by Gasteiger charge is -2.14. The van der Waals surface area contributed by atoms with Gasteiger partial charge in [-0.15, -0.1) is 35.3 Å². The smallest absolute Gasteiger partial charge is 0.193 e. The molecule has 1 aliphatic carbocycles. The molecule has 0 atom stereocenters. The van der Waals surface area contributed by atoms with Gasteiger partial charge in [0.25, 0.3) is 0 Å². The van der Waals surface area contributed by atoms with Gasteiger partial charge >= 0.3 is 0 Å². The van der Waals surface area contributed by atoms with E-state index in [-0.39, 0.29) is 29.4 Å². The molecule has 136 valence electrons. The number of hydrogen-bond acceptors (Lipinski definition) is 3. The van der Waals surface area contributed by atoms with Crippen molar-refractivity contribution < 1.29 is 0 Å². The number of aliphatic imine (C=N–C) groups is 1. The molecule has 3 rings (SSSR count). The number of hydrogen-bond donors (Lipinski definition) is 2. The van der Waals surface area contributed by atoms with Crippen molar-refractivity contribution in [3.8, 4) is 0 Å². The number of fused-ring (bicyclic) bond motifs is 1. The van der Waals surface area contributed by atoms with E-state index < -0.39 is 0 Å². The van der Waals surface area contributed by atoms with Crippen molar-refractivity contribution in [3.63, 3.8) is 0 Å². The fourth-order valence-corrected chi connectivity index (χ4v) is 3.89. The van der Waals surface area contributed by atoms with Crippen LogP contribution in [0.5, 0.6) is 0 Å². The van der Waals surface area contributed by atoms with E-state index in [1.807, 2.05) is 0 Å². The van der Waals surface area contributed by atoms with Gasteiger partial charge in [-0.05, 0) is 42.5 Å². The number of benzene rings is 1. The second kappa shape index (κ2) is 8.49. The third-order valence-electron chi connectivity index (χ3n) is 4.30. The molecular formula is C19H27IN4S. The number of nitrogens with one attached hydrogen (secondary N) is 1. The zero-order chi connectivity index (χ0) is 17.2. The molecule has 0 amide bonds. The van der Waals surface area contributed by atoms with Crippen molar-refractivity contribution in [1.29, 1.82) is 0 Å². The number of aromatic nitrogens is 1. The standard InChI is InChI=1S/C19H26N4S.HI/c1-19(2,3)16-12-24-17(23-16)9-10-21-18(20)22-15-8-7-13-5-4-6-14(13)11-15;/h7-8,11-12H,4-6,9-10H2,1-3H3,(H3,20,21,22);1H. The molecule has 0 saturated heterocycles. The Bertz CT molecular complexity index is 746. The molecule has 3 N–H and O–H groups in total. The number of guanidine groups is 1. The summed E-state index contributed by atoms with van der Waals surface area (Å²) >= 11 is 1.70. The van der Waals surface area contributed by atoms with Crippen LogP contribution in [0.1, 0.15) is 49.0 Å². The summed E-state index contributed by atoms with van der Waals surface area (Å²) in [5, 5.41) is 6.46. The predicted molar refractivity (Wildman–Crippen MR) is 119 cm³/mol. The number of aryl methyl sites for hydroxylation is 2. The molecule has 25 heavy (non-hydrogen) atoms. The molecule has 1 heterocycles. The molecule has 0 unspecified atom stereocenters. The Kier molecular flexibility index (Phi) is 6.85. The van der Waals surface area contributed by atoms with Crippen molar-refractivity contribution in [2.24, 2.45) is 10.7 Å². The minimum atomic E-state index is 0. The van der Waals surface area contributed by atoms with E-state index in [0.717, 1.165) is 22.8 Å². The minimum absolute atomic E-state index is 0. The van der Waals surface area contributed by atoms with Crippen molar-refractivity contribution in [1.82, 2.24) is 4.98 Å². The molecule has 1 aromatic heterocycles. The minimum Gasteiger partial charge on any atom is -0.370 e. The Morgan fingerprint density at radius 1 is 1.28 bits per heavy atom. The van der Waals surface area contributed by atoms with E-state index in [0.29, 0.717) is 12.5 Å². The number of rotatable bonds is 4. The predicted octanol–water partition coefficient (Wildman–Crippen LogP) is 4.52. The summed E-state index contributed by atoms with van der Waals surface area (Å²) in [6.07, 6.45) is 4.45. The van der Waals surface area contributed by atoms with Crippen LogP contribution in [0.15, 0.2) is 28.6 Å². The van der Waals surface area contributed by atoms with Crippen molar-refractivity contribution in [2.75, 3.05) is 11.9 Å². The SMILES string of the molecule is CC(C)(C)c1csc(CCN=C(N)Nc2ccc3c(c2)CCC3)n1.I. The van der Waals surface area contributed by atoms with Crippen LogP contribution in [0.2, 0.25) is 0 Å². The first-order valence-electron chi connectivity index (χ1n) is 8.55. The van der Waals surface area contributed by atoms with Crippen LogP contribution in [-0.4, -0.2) is 17.5 Å². The Hall–Kier alpha value is -1.15. The van der Waals surface area contributed by atoms with Gasteiger partial charge in [0, 0.05) is 29.4 Å². The lowest BCUT2D eigenvalue weighted by molar-refractivity contribution is 0.571. The molecule has 6 heteroatoms. The number of halogens is 1. The van der Waals surface area contributed by atoms with E-state index in [2.05, 4.69) is 59.6 Å². The highest BCUT2D eigenvalue weighted by Gasteiger charge is 2.17. The third-order valence-corrected chi connectivity index (χ3v) is 5.21. The van der Waals surface area contributed by atoms with Crippen LogP contribution in [0.4, 0.5) is 5.69 Å². The average Bonchev–Trinajstić information content (AvgIpc) is 3.14. The maximum Gasteiger partial charge on any atom is 0.193 e. The lowest BCUT2D eigenvalue weighted by Crippen LogP contribution is -2.23. The van der Waals surface area contributed by atoms with Crippen molar-refractivity contribution in [2.45, 2.75) is 51.9 Å². The molecule has 0 saturated carbocycles. The summed E-state index contributed by atoms with van der Waals surface area (Å²) in [6, 6.07) is 6.48. The van der Waals surface area contributed by atoms with Gasteiger partial charge in [0.2, 0.25) is 0 Å². The van der Waals surface area contributed by atoms with E-state index in [9.17, 15) is 0 Å². The Labute approximate surface area is 171 Å². The Morgan fingerprint density at radius 2 is 2.04 bits per heavy atom. The number of thiazole rings is 1. The van der Waals surface area contributed by atoms with E-state index in [1.165, 1.54) is 30.4 Å². The quantitative estimate of drug-likeness (QED) is 0.393. The summed E-state index contributed by atoms with van der Waals surface area (Å²) in [7, 11) is 0. The van der Waals surface area contributed by atoms with Crippen LogP contribution < -0.4 is 11.1 Å². The number of nitrogens with two attached hydrogens (primary N) is 1. The molecule has 0 radical (unpaired) electrons. The molecule has 0 fully saturated rings. The first kappa shape index (κ1) is 20.2. The fourth-order valence-electron chi connectivity index (χ4n) is 2.88. The monoisotopic (exact) mass is 470 g/mol. The van der Waals surface area contributed by atoms with Gasteiger partial charge in [-0.2, -0.15) is 0 Å². The average molecular weight is 470 g/mol. The van der Waals surface area contributed by atoms with Crippen LogP contribution >= 0.6 is 35.3 Å². The first-order valence-corrected chi connectivity index (χ1v) is 9.43. The van der Waals surface area contributed by atoms with Crippen LogP contribution in [0, 0.1) is 0 Å². The van der Waals surface area contributed by atoms with Gasteiger partial charge < -0.3 is 11.1 Å². The van der Waals surface area contributed by atoms with Gasteiger partial charge in [-0.25, -0.2) is 4.98 Å². The van der Waals surface area contributed by atoms with Gasteiger partial charge in [-0.1, -0.05) is 26.8 Å². The highest BCUT2D eigenvalue weighted by Crippen LogP contribution is 2.25. The zero-order valence-corrected chi connectivity index (χ0v) is 18.3. The highest BCUT2D eigenvalue weighted by molar-refractivity contribution is 14.0. The summed E-state index contributed by atoms with van der Waals surface area (Å²) in [6.45, 7) is 7.20. The first-order chi connectivity index (χ1) is 11.4. The second-order valence-electron chi connectivity index (χ2n) is 7.36. The largest absolute Gasteiger partial charge is 0.370 e. The molecule has 4 nitrogen and oxygen atoms in total. The maximum atomic E-state index is 6.01. The molecule has 0 aliphatic heterocycles. The van der Waals surface area contributed by atoms with Crippen molar-refractivity contribution in [3.05, 3.63) is 45.4 Å². The molecule has 1 aliphatic rings. The van der Waals surface area contributed by atoms with Gasteiger partial charge in [0.15, 0.2) is 5.96 Å². The van der Waals surface area contributed by atoms with Gasteiger partial charge in [0.05, 0.1) is 10.7 Å². The topological polar surface area (TPSA) is 63.3 Å². The number of anilines is 1. The van der Waals surface area contributed by atoms with Crippen LogP contribution in [0.3, 0.4) is 0 Å². The summed E-state index contributed by atoms with van der Waals surface area (Å²) < 4.78 is 0. The van der Waals surface area contributed by atoms with Gasteiger partial charge in [0.1, 0.15) is 0 Å². The summed E-state index contributed by atoms with van der Waals surface area (Å²) in [4.78, 5) is 9.12. The normalized spacial score (nSPS) is 14.1. The molecule has 1 aromatic carbocycles. The summed E-state index contributed by atoms with van der Waals surface area (Å²) in [5.41, 5.74) is 11.2. The molecular weight excluding hydrogens is 443 g/mol. The third kappa shape index (κ3) is 5.41. The maximum absolute atomic E-state index is 6.01. The van der Waals surface area contributed by atoms with Crippen LogP contribution in [0.25, 0.3) is 0 Å². The Morgan fingerprint density at radius 3 is 2.76 bits per heavy atom. The fraction of sp³-hybridized carbons (Fsp3) is 0.474. The molecule has 2 aromatic rings. The molecule has 0 bridgehead atoms. The van der Waals surface area contributed by atoms with Crippen LogP contribution in [-0.2, 0) is 24.7 Å². The molecule has 0 spiro atoms. The van der Waals surface area contributed by atoms with E-state index >= 15 is 0 Å². The zero-order valence-electron chi connectivity index (χ0n) is 15.1. The highest BCUT2D eigenvalue weighted by atomic mass is 127. The van der Waals surface area contributed by atoms with Gasteiger partial charge in [-0.3, -0.25) is 4.99 Å². The number of nitrogens with zero attached hydrogens (tertiary/aromatic N) is 2. The van der Waals surface area contributed by atoms with E-state index in [4.69, 9.17) is 5.73 Å². The summed E-state index contributed by atoms with van der Waals surface area (Å²) in [5.74, 6) is 0.473. The second-order valence-corrected chi connectivity index (χ2v) is 8.30. The lowest BCUT2D eigenvalue weighted by atomic mass is 9.93. The van der Waals surface area contributed by atoms with Crippen molar-refractivity contribution >= 4 is 47.0 Å². The van der Waals surface area contributed by atoms with E-state index in [1.54, 1.807) is 11.3 Å².